The predicted octanol–water partition coefficient (Wildman–Crippen LogP) is 6.16. The fourth-order valence-corrected chi connectivity index (χ4v) is 4.23. The van der Waals surface area contributed by atoms with E-state index >= 15 is 0 Å². The first kappa shape index (κ1) is 22.9. The van der Waals surface area contributed by atoms with Crippen molar-refractivity contribution in [3.63, 3.8) is 0 Å². The smallest absolute Gasteiger partial charge is 0.335 e. The highest BCUT2D eigenvalue weighted by Gasteiger charge is 2.12. The first-order chi connectivity index (χ1) is 17.6. The number of hydrogen-bond donors (Lipinski definition) is 3. The second-order valence-corrected chi connectivity index (χ2v) is 8.62. The van der Waals surface area contributed by atoms with Crippen LogP contribution in [0, 0.1) is 0 Å². The molecule has 5 rings (SSSR count). The van der Waals surface area contributed by atoms with Crippen LogP contribution in [0.2, 0.25) is 0 Å². The third kappa shape index (κ3) is 5.13. The molecule has 4 aromatic carbocycles. The van der Waals surface area contributed by atoms with Gasteiger partial charge in [-0.3, -0.25) is 0 Å². The van der Waals surface area contributed by atoms with Gasteiger partial charge in [-0.25, -0.2) is 9.78 Å². The van der Waals surface area contributed by atoms with Crippen LogP contribution in [-0.4, -0.2) is 20.6 Å². The monoisotopic (exact) mass is 474 g/mol. The Labute approximate surface area is 209 Å². The van der Waals surface area contributed by atoms with Crippen molar-refractivity contribution in [2.24, 2.45) is 0 Å². The van der Waals surface area contributed by atoms with Gasteiger partial charge < -0.3 is 20.7 Å². The quantitative estimate of drug-likeness (QED) is 0.234. The molecule has 0 amide bonds. The number of aromatic carboxylic acids is 1. The van der Waals surface area contributed by atoms with Crippen LogP contribution in [0.1, 0.15) is 21.6 Å². The third-order valence-corrected chi connectivity index (χ3v) is 6.13. The van der Waals surface area contributed by atoms with Gasteiger partial charge in [-0.05, 0) is 64.2 Å². The van der Waals surface area contributed by atoms with Crippen LogP contribution >= 0.6 is 0 Å². The van der Waals surface area contributed by atoms with E-state index in [1.54, 1.807) is 18.2 Å². The first-order valence-electron chi connectivity index (χ1n) is 11.7. The highest BCUT2D eigenvalue weighted by atomic mass is 16.4. The van der Waals surface area contributed by atoms with Crippen LogP contribution in [-0.2, 0) is 13.1 Å². The molecular formula is C30H26N4O2. The maximum absolute atomic E-state index is 11.5. The average Bonchev–Trinajstić information content (AvgIpc) is 3.36. The van der Waals surface area contributed by atoms with Gasteiger partial charge in [0, 0.05) is 24.1 Å². The standard InChI is InChI=1S/C30H26N4O2/c31-25-11-9-21(10-12-25)19-34-20-32-17-27(34)18-33-26-13-14-28(23-7-4-8-24(15-23)30(35)36)29(16-26)22-5-2-1-3-6-22/h1-17,20,33H,18-19,31H2,(H,35,36). The summed E-state index contributed by atoms with van der Waals surface area (Å²) < 4.78 is 2.11. The second kappa shape index (κ2) is 10.2. The fraction of sp³-hybridized carbons (Fsp3) is 0.0667. The van der Waals surface area contributed by atoms with Crippen molar-refractivity contribution in [3.8, 4) is 22.3 Å². The van der Waals surface area contributed by atoms with E-state index in [0.717, 1.165) is 44.9 Å². The lowest BCUT2D eigenvalue weighted by molar-refractivity contribution is 0.0697. The van der Waals surface area contributed by atoms with Gasteiger partial charge >= 0.3 is 5.97 Å². The molecule has 1 aromatic heterocycles. The van der Waals surface area contributed by atoms with Crippen molar-refractivity contribution in [1.29, 1.82) is 0 Å². The number of carboxylic acids is 1. The number of nitrogen functional groups attached to an aromatic ring is 1. The predicted molar refractivity (Wildman–Crippen MR) is 144 cm³/mol. The Bertz CT molecular complexity index is 1490. The third-order valence-electron chi connectivity index (χ3n) is 6.13. The van der Waals surface area contributed by atoms with E-state index in [-0.39, 0.29) is 5.56 Å². The molecule has 0 bridgehead atoms. The molecule has 0 aliphatic rings. The molecule has 0 saturated heterocycles. The summed E-state index contributed by atoms with van der Waals surface area (Å²) in [6, 6.07) is 31.2. The van der Waals surface area contributed by atoms with E-state index in [2.05, 4.69) is 33.1 Å². The van der Waals surface area contributed by atoms with E-state index in [1.807, 2.05) is 73.2 Å². The number of hydrogen-bond acceptors (Lipinski definition) is 4. The normalized spacial score (nSPS) is 10.8. The number of carboxylic acid groups (broad SMARTS) is 1. The number of benzene rings is 4. The number of carbonyl (C=O) groups is 1. The molecule has 0 aliphatic heterocycles. The molecule has 178 valence electrons. The summed E-state index contributed by atoms with van der Waals surface area (Å²) in [4.78, 5) is 15.9. The molecule has 0 spiro atoms. The van der Waals surface area contributed by atoms with Gasteiger partial charge in [0.15, 0.2) is 0 Å². The van der Waals surface area contributed by atoms with Gasteiger partial charge in [-0.2, -0.15) is 0 Å². The van der Waals surface area contributed by atoms with E-state index < -0.39 is 5.97 Å². The molecule has 1 heterocycles. The van der Waals surface area contributed by atoms with Crippen molar-refractivity contribution in [3.05, 3.63) is 126 Å². The van der Waals surface area contributed by atoms with E-state index in [9.17, 15) is 9.90 Å². The van der Waals surface area contributed by atoms with Crippen molar-refractivity contribution in [2.75, 3.05) is 11.1 Å². The average molecular weight is 475 g/mol. The van der Waals surface area contributed by atoms with Crippen LogP contribution in [0.25, 0.3) is 22.3 Å². The Morgan fingerprint density at radius 2 is 1.64 bits per heavy atom. The van der Waals surface area contributed by atoms with Crippen LogP contribution in [0.15, 0.2) is 110 Å². The molecule has 0 fully saturated rings. The number of imidazole rings is 1. The van der Waals surface area contributed by atoms with E-state index in [1.165, 1.54) is 0 Å². The molecule has 0 unspecified atom stereocenters. The molecule has 5 aromatic rings. The van der Waals surface area contributed by atoms with E-state index in [0.29, 0.717) is 13.1 Å². The lowest BCUT2D eigenvalue weighted by Gasteiger charge is -2.15. The van der Waals surface area contributed by atoms with Crippen LogP contribution in [0.5, 0.6) is 0 Å². The van der Waals surface area contributed by atoms with Gasteiger partial charge in [-0.15, -0.1) is 0 Å². The van der Waals surface area contributed by atoms with E-state index in [4.69, 9.17) is 5.73 Å². The zero-order valence-electron chi connectivity index (χ0n) is 19.6. The molecule has 6 nitrogen and oxygen atoms in total. The minimum absolute atomic E-state index is 0.267. The summed E-state index contributed by atoms with van der Waals surface area (Å²) in [7, 11) is 0. The van der Waals surface area contributed by atoms with Crippen molar-refractivity contribution < 1.29 is 9.90 Å². The minimum atomic E-state index is -0.938. The van der Waals surface area contributed by atoms with Crippen molar-refractivity contribution in [1.82, 2.24) is 9.55 Å². The van der Waals surface area contributed by atoms with Crippen molar-refractivity contribution >= 4 is 17.3 Å². The zero-order chi connectivity index (χ0) is 24.9. The van der Waals surface area contributed by atoms with Gasteiger partial charge in [0.05, 0.1) is 24.1 Å². The van der Waals surface area contributed by atoms with Crippen LogP contribution in [0.4, 0.5) is 11.4 Å². The summed E-state index contributed by atoms with van der Waals surface area (Å²) in [6.45, 7) is 1.32. The molecule has 0 radical (unpaired) electrons. The Morgan fingerprint density at radius 3 is 2.42 bits per heavy atom. The maximum Gasteiger partial charge on any atom is 0.335 e. The van der Waals surface area contributed by atoms with Crippen LogP contribution < -0.4 is 11.1 Å². The number of anilines is 2. The topological polar surface area (TPSA) is 93.2 Å². The van der Waals surface area contributed by atoms with Gasteiger partial charge in [-0.1, -0.05) is 60.7 Å². The molecule has 0 saturated carbocycles. The lowest BCUT2D eigenvalue weighted by atomic mass is 9.93. The number of rotatable bonds is 8. The first-order valence-corrected chi connectivity index (χ1v) is 11.7. The highest BCUT2D eigenvalue weighted by Crippen LogP contribution is 2.35. The summed E-state index contributed by atoms with van der Waals surface area (Å²) >= 11 is 0. The number of nitrogens with zero attached hydrogens (tertiary/aromatic N) is 2. The SMILES string of the molecule is Nc1ccc(Cn2cncc2CNc2ccc(-c3cccc(C(=O)O)c3)c(-c3ccccc3)c2)cc1. The number of aromatic nitrogens is 2. The largest absolute Gasteiger partial charge is 0.478 e. The van der Waals surface area contributed by atoms with Gasteiger partial charge in [0.25, 0.3) is 0 Å². The summed E-state index contributed by atoms with van der Waals surface area (Å²) in [5.41, 5.74) is 13.9. The lowest BCUT2D eigenvalue weighted by Crippen LogP contribution is -2.08. The molecular weight excluding hydrogens is 448 g/mol. The number of nitrogens with one attached hydrogen (secondary N) is 1. The molecule has 0 atom stereocenters. The summed E-state index contributed by atoms with van der Waals surface area (Å²) in [5, 5.41) is 13.0. The fourth-order valence-electron chi connectivity index (χ4n) is 4.23. The Hall–Kier alpha value is -4.84. The van der Waals surface area contributed by atoms with Gasteiger partial charge in [0.1, 0.15) is 0 Å². The molecule has 4 N–H and O–H groups in total. The Kier molecular flexibility index (Phi) is 6.49. The number of nitrogens with two attached hydrogens (primary N) is 1. The zero-order valence-corrected chi connectivity index (χ0v) is 19.6. The highest BCUT2D eigenvalue weighted by molar-refractivity contribution is 5.92. The Morgan fingerprint density at radius 1 is 0.861 bits per heavy atom. The van der Waals surface area contributed by atoms with Crippen LogP contribution in [0.3, 0.4) is 0 Å². The Balaban J connectivity index is 1.42. The molecule has 0 aliphatic carbocycles. The van der Waals surface area contributed by atoms with Gasteiger partial charge in [0.2, 0.25) is 0 Å². The second-order valence-electron chi connectivity index (χ2n) is 8.62. The molecule has 6 heteroatoms. The minimum Gasteiger partial charge on any atom is -0.478 e. The van der Waals surface area contributed by atoms with Crippen molar-refractivity contribution in [2.45, 2.75) is 13.1 Å². The summed E-state index contributed by atoms with van der Waals surface area (Å²) in [6.07, 6.45) is 3.70. The maximum atomic E-state index is 11.5. The summed E-state index contributed by atoms with van der Waals surface area (Å²) in [5.74, 6) is -0.938. The molecule has 36 heavy (non-hydrogen) atoms.